The normalized spacial score (nSPS) is 17.6. The number of aromatic nitrogens is 1. The number of pyridine rings is 1. The summed E-state index contributed by atoms with van der Waals surface area (Å²) in [7, 11) is 0. The lowest BCUT2D eigenvalue weighted by molar-refractivity contribution is -0.132. The van der Waals surface area contributed by atoms with Crippen molar-refractivity contribution in [3.8, 4) is 5.75 Å². The van der Waals surface area contributed by atoms with Crippen molar-refractivity contribution in [2.24, 2.45) is 0 Å². The summed E-state index contributed by atoms with van der Waals surface area (Å²) >= 11 is 0. The van der Waals surface area contributed by atoms with Crippen molar-refractivity contribution < 1.29 is 19.4 Å². The summed E-state index contributed by atoms with van der Waals surface area (Å²) in [5.74, 6) is -0.805. The van der Waals surface area contributed by atoms with Gasteiger partial charge in [0.05, 0.1) is 17.9 Å². The van der Waals surface area contributed by atoms with Crippen molar-refractivity contribution in [1.82, 2.24) is 4.98 Å². The standard InChI is InChI=1S/C27H26N2O4/c1-4-33-22-14-13-18(16-20(22)17(2)3)25(30)23-24(21-12-8-9-15-28-21)29(27(32)26(23)31)19-10-6-5-7-11-19/h5-17,24,30H,4H2,1-3H3/b25-23-. The Kier molecular flexibility index (Phi) is 6.27. The first-order valence-electron chi connectivity index (χ1n) is 11.0. The third kappa shape index (κ3) is 4.12. The van der Waals surface area contributed by atoms with E-state index in [1.165, 1.54) is 4.90 Å². The zero-order chi connectivity index (χ0) is 23.5. The first-order valence-corrected chi connectivity index (χ1v) is 11.0. The van der Waals surface area contributed by atoms with Gasteiger partial charge in [-0.3, -0.25) is 19.5 Å². The highest BCUT2D eigenvalue weighted by Gasteiger charge is 2.47. The molecular formula is C27H26N2O4. The molecule has 0 bridgehead atoms. The minimum Gasteiger partial charge on any atom is -0.507 e. The fourth-order valence-corrected chi connectivity index (χ4v) is 4.09. The van der Waals surface area contributed by atoms with E-state index < -0.39 is 17.7 Å². The highest BCUT2D eigenvalue weighted by atomic mass is 16.5. The van der Waals surface area contributed by atoms with Crippen LogP contribution in [-0.2, 0) is 9.59 Å². The molecule has 6 nitrogen and oxygen atoms in total. The second-order valence-electron chi connectivity index (χ2n) is 8.10. The van der Waals surface area contributed by atoms with Gasteiger partial charge in [0, 0.05) is 17.4 Å². The Labute approximate surface area is 193 Å². The van der Waals surface area contributed by atoms with E-state index in [4.69, 9.17) is 4.74 Å². The summed E-state index contributed by atoms with van der Waals surface area (Å²) in [6.45, 7) is 6.50. The van der Waals surface area contributed by atoms with Crippen LogP contribution in [-0.4, -0.2) is 28.4 Å². The number of amides is 1. The van der Waals surface area contributed by atoms with E-state index in [1.54, 1.807) is 60.8 Å². The topological polar surface area (TPSA) is 79.7 Å². The second kappa shape index (κ2) is 9.28. The molecule has 33 heavy (non-hydrogen) atoms. The Morgan fingerprint density at radius 3 is 2.42 bits per heavy atom. The maximum atomic E-state index is 13.2. The van der Waals surface area contributed by atoms with Gasteiger partial charge in [0.15, 0.2) is 0 Å². The molecule has 1 aliphatic heterocycles. The number of carbonyl (C=O) groups is 2. The summed E-state index contributed by atoms with van der Waals surface area (Å²) in [6, 6.07) is 18.7. The third-order valence-corrected chi connectivity index (χ3v) is 5.65. The molecule has 1 aromatic heterocycles. The zero-order valence-corrected chi connectivity index (χ0v) is 18.9. The molecule has 0 aliphatic carbocycles. The first-order chi connectivity index (χ1) is 15.9. The average molecular weight is 443 g/mol. The molecule has 1 saturated heterocycles. The minimum absolute atomic E-state index is 0.0152. The number of anilines is 1. The highest BCUT2D eigenvalue weighted by molar-refractivity contribution is 6.51. The van der Waals surface area contributed by atoms with Crippen molar-refractivity contribution in [3.05, 3.63) is 95.3 Å². The summed E-state index contributed by atoms with van der Waals surface area (Å²) < 4.78 is 5.73. The molecule has 4 rings (SSSR count). The largest absolute Gasteiger partial charge is 0.507 e. The number of ketones is 1. The molecule has 1 aliphatic rings. The zero-order valence-electron chi connectivity index (χ0n) is 18.9. The quantitative estimate of drug-likeness (QED) is 0.321. The molecule has 168 valence electrons. The molecule has 1 amide bonds. The maximum absolute atomic E-state index is 13.2. The molecule has 3 aromatic rings. The van der Waals surface area contributed by atoms with Crippen molar-refractivity contribution in [1.29, 1.82) is 0 Å². The lowest BCUT2D eigenvalue weighted by atomic mass is 9.94. The monoisotopic (exact) mass is 442 g/mol. The van der Waals surface area contributed by atoms with Crippen LogP contribution in [0.25, 0.3) is 5.76 Å². The fraction of sp³-hybridized carbons (Fsp3) is 0.222. The van der Waals surface area contributed by atoms with Crippen molar-refractivity contribution >= 4 is 23.1 Å². The van der Waals surface area contributed by atoms with E-state index in [0.29, 0.717) is 23.6 Å². The lowest BCUT2D eigenvalue weighted by Crippen LogP contribution is -2.29. The summed E-state index contributed by atoms with van der Waals surface area (Å²) in [6.07, 6.45) is 1.61. The number of benzene rings is 2. The number of aliphatic hydroxyl groups is 1. The second-order valence-corrected chi connectivity index (χ2v) is 8.10. The van der Waals surface area contributed by atoms with Crippen LogP contribution in [0.2, 0.25) is 0 Å². The van der Waals surface area contributed by atoms with Gasteiger partial charge in [0.2, 0.25) is 0 Å². The Hall–Kier alpha value is -3.93. The van der Waals surface area contributed by atoms with Crippen LogP contribution in [0.3, 0.4) is 0 Å². The summed E-state index contributed by atoms with van der Waals surface area (Å²) in [5.41, 5.74) is 2.43. The number of hydrogen-bond acceptors (Lipinski definition) is 5. The highest BCUT2D eigenvalue weighted by Crippen LogP contribution is 2.42. The van der Waals surface area contributed by atoms with Gasteiger partial charge in [-0.15, -0.1) is 0 Å². The SMILES string of the molecule is CCOc1ccc(/C(O)=C2/C(=O)C(=O)N(c3ccccc3)C2c2ccccn2)cc1C(C)C. The lowest BCUT2D eigenvalue weighted by Gasteiger charge is -2.24. The van der Waals surface area contributed by atoms with Crippen LogP contribution in [0, 0.1) is 0 Å². The van der Waals surface area contributed by atoms with Gasteiger partial charge in [0.25, 0.3) is 11.7 Å². The number of nitrogens with zero attached hydrogens (tertiary/aromatic N) is 2. The van der Waals surface area contributed by atoms with Crippen LogP contribution >= 0.6 is 0 Å². The summed E-state index contributed by atoms with van der Waals surface area (Å²) in [5, 5.41) is 11.3. The Morgan fingerprint density at radius 1 is 1.06 bits per heavy atom. The van der Waals surface area contributed by atoms with E-state index in [2.05, 4.69) is 4.98 Å². The van der Waals surface area contributed by atoms with E-state index in [-0.39, 0.29) is 17.3 Å². The van der Waals surface area contributed by atoms with Gasteiger partial charge in [-0.05, 0) is 60.9 Å². The number of aliphatic hydroxyl groups excluding tert-OH is 1. The number of hydrogen-bond donors (Lipinski definition) is 1. The van der Waals surface area contributed by atoms with Crippen LogP contribution < -0.4 is 9.64 Å². The number of Topliss-reactive ketones (excluding diaryl/α,β-unsaturated/α-hetero) is 1. The van der Waals surface area contributed by atoms with Crippen LogP contribution in [0.15, 0.2) is 78.5 Å². The van der Waals surface area contributed by atoms with E-state index in [1.807, 2.05) is 32.9 Å². The Morgan fingerprint density at radius 2 is 1.79 bits per heavy atom. The van der Waals surface area contributed by atoms with Gasteiger partial charge < -0.3 is 9.84 Å². The van der Waals surface area contributed by atoms with E-state index in [9.17, 15) is 14.7 Å². The Balaban J connectivity index is 1.91. The molecule has 6 heteroatoms. The minimum atomic E-state index is -0.845. The third-order valence-electron chi connectivity index (χ3n) is 5.65. The van der Waals surface area contributed by atoms with Crippen molar-refractivity contribution in [3.63, 3.8) is 0 Å². The number of para-hydroxylation sites is 1. The first kappa shape index (κ1) is 22.3. The molecule has 1 atom stereocenters. The van der Waals surface area contributed by atoms with Crippen LogP contribution in [0.1, 0.15) is 49.6 Å². The number of carbonyl (C=O) groups excluding carboxylic acids is 2. The predicted octanol–water partition coefficient (Wildman–Crippen LogP) is 5.23. The molecule has 2 heterocycles. The van der Waals surface area contributed by atoms with Gasteiger partial charge in [-0.2, -0.15) is 0 Å². The van der Waals surface area contributed by atoms with Gasteiger partial charge >= 0.3 is 0 Å². The van der Waals surface area contributed by atoms with Crippen LogP contribution in [0.4, 0.5) is 5.69 Å². The molecule has 1 N–H and O–H groups in total. The van der Waals surface area contributed by atoms with Gasteiger partial charge in [-0.1, -0.05) is 38.1 Å². The molecular weight excluding hydrogens is 416 g/mol. The van der Waals surface area contributed by atoms with Crippen molar-refractivity contribution in [2.45, 2.75) is 32.7 Å². The number of ether oxygens (including phenoxy) is 1. The smallest absolute Gasteiger partial charge is 0.300 e. The van der Waals surface area contributed by atoms with E-state index >= 15 is 0 Å². The molecule has 0 saturated carbocycles. The Bertz CT molecular complexity index is 1200. The predicted molar refractivity (Wildman–Crippen MR) is 127 cm³/mol. The number of rotatable bonds is 6. The maximum Gasteiger partial charge on any atom is 0.300 e. The fourth-order valence-electron chi connectivity index (χ4n) is 4.09. The van der Waals surface area contributed by atoms with Crippen LogP contribution in [0.5, 0.6) is 5.75 Å². The molecule has 0 radical (unpaired) electrons. The summed E-state index contributed by atoms with van der Waals surface area (Å²) in [4.78, 5) is 32.1. The van der Waals surface area contributed by atoms with Gasteiger partial charge in [-0.25, -0.2) is 0 Å². The van der Waals surface area contributed by atoms with E-state index in [0.717, 1.165) is 11.3 Å². The molecule has 2 aromatic carbocycles. The average Bonchev–Trinajstić information content (AvgIpc) is 3.10. The molecule has 1 unspecified atom stereocenters. The van der Waals surface area contributed by atoms with Crippen molar-refractivity contribution in [2.75, 3.05) is 11.5 Å². The molecule has 0 spiro atoms. The van der Waals surface area contributed by atoms with Gasteiger partial charge in [0.1, 0.15) is 17.6 Å². The molecule has 1 fully saturated rings.